The van der Waals surface area contributed by atoms with Gasteiger partial charge < -0.3 is 19.4 Å². The zero-order chi connectivity index (χ0) is 40.8. The van der Waals surface area contributed by atoms with Gasteiger partial charge in [0.2, 0.25) is 5.88 Å². The lowest BCUT2D eigenvalue weighted by Crippen LogP contribution is -2.47. The molecule has 2 unspecified atom stereocenters. The number of amides is 1. The number of carbonyl (C=O) groups is 1. The van der Waals surface area contributed by atoms with Gasteiger partial charge in [0.05, 0.1) is 45.8 Å². The number of nitrogens with zero attached hydrogens (tertiary/aromatic N) is 5. The molecule has 2 fully saturated rings. The molecule has 1 N–H and O–H groups in total. The zero-order valence-electron chi connectivity index (χ0n) is 34.0. The fourth-order valence-corrected chi connectivity index (χ4v) is 9.14. The summed E-state index contributed by atoms with van der Waals surface area (Å²) < 4.78 is 54.1. The smallest absolute Gasteiger partial charge is 0.251 e. The Balaban J connectivity index is 1.12. The lowest BCUT2D eigenvalue weighted by Gasteiger charge is -2.33. The van der Waals surface area contributed by atoms with Gasteiger partial charge >= 0.3 is 0 Å². The van der Waals surface area contributed by atoms with Crippen LogP contribution in [-0.2, 0) is 34.3 Å². The number of carbonyl (C=O) groups excluding carboxylic acids is 1. The third-order valence-corrected chi connectivity index (χ3v) is 14.4. The number of imidazole rings is 1. The summed E-state index contributed by atoms with van der Waals surface area (Å²) in [6.45, 7) is 13.6. The van der Waals surface area contributed by atoms with Crippen molar-refractivity contribution in [2.24, 2.45) is 0 Å². The molecule has 57 heavy (non-hydrogen) atoms. The summed E-state index contributed by atoms with van der Waals surface area (Å²) in [5, 5.41) is 11.8. The van der Waals surface area contributed by atoms with Crippen molar-refractivity contribution in [2.75, 3.05) is 25.4 Å². The van der Waals surface area contributed by atoms with Gasteiger partial charge in [0.1, 0.15) is 18.2 Å². The first-order chi connectivity index (χ1) is 27.3. The van der Waals surface area contributed by atoms with Gasteiger partial charge in [0.15, 0.2) is 9.84 Å². The van der Waals surface area contributed by atoms with Crippen LogP contribution in [0.2, 0.25) is 0 Å². The van der Waals surface area contributed by atoms with E-state index in [0.29, 0.717) is 49.5 Å². The van der Waals surface area contributed by atoms with Crippen molar-refractivity contribution in [3.8, 4) is 11.9 Å². The van der Waals surface area contributed by atoms with E-state index >= 15 is 0 Å². The Morgan fingerprint density at radius 3 is 2.46 bits per heavy atom. The van der Waals surface area contributed by atoms with Crippen molar-refractivity contribution < 1.29 is 27.1 Å². The molecule has 2 aliphatic rings. The monoisotopic (exact) mass is 800 g/mol. The normalized spacial score (nSPS) is 19.3. The Morgan fingerprint density at radius 2 is 1.81 bits per heavy atom. The molecular weight excluding hydrogens is 744 g/mol. The second-order valence-corrected chi connectivity index (χ2v) is 18.7. The van der Waals surface area contributed by atoms with Crippen LogP contribution in [0.1, 0.15) is 125 Å². The van der Waals surface area contributed by atoms with Crippen LogP contribution < -0.4 is 10.1 Å². The van der Waals surface area contributed by atoms with E-state index in [4.69, 9.17) is 24.7 Å². The van der Waals surface area contributed by atoms with Crippen molar-refractivity contribution >= 4 is 26.8 Å². The minimum Gasteiger partial charge on any atom is -0.473 e. The van der Waals surface area contributed by atoms with Gasteiger partial charge in [0.25, 0.3) is 5.91 Å². The van der Waals surface area contributed by atoms with Crippen LogP contribution in [0.5, 0.6) is 5.88 Å². The summed E-state index contributed by atoms with van der Waals surface area (Å²) in [5.74, 6) is 0.951. The number of likely N-dealkylation sites (tertiary alicyclic amines) is 1. The Hall–Kier alpha value is -4.38. The number of aromatic nitrogens is 3. The standard InChI is InChI=1S/C44H57FN6O5S/c1-6-19-44(5,8-3)56-23-20-43(4,7-2)49-42(52)33-14-15-38-39(26-33)51(28-35-18-24-57(35,53)54)40(47-38)29-50-21-16-32(17-22-50)37-10-9-11-41(48-37)55-30-34-13-12-31(27-46)25-36(34)45/h9-15,25-26,32,35H,6-8,16-24,28-30H2,1-5H3,(H,49,52)/t35-,43?,44?/m1/s1. The number of halogens is 1. The highest BCUT2D eigenvalue weighted by molar-refractivity contribution is 7.93. The number of fused-ring (bicyclic) bond motifs is 1. The quantitative estimate of drug-likeness (QED) is 0.107. The number of ether oxygens (including phenoxy) is 2. The number of sulfone groups is 1. The van der Waals surface area contributed by atoms with Crippen molar-refractivity contribution in [1.82, 2.24) is 24.8 Å². The molecule has 13 heteroatoms. The van der Waals surface area contributed by atoms with Crippen molar-refractivity contribution in [2.45, 2.75) is 128 Å². The van der Waals surface area contributed by atoms with E-state index in [1.807, 2.05) is 34.9 Å². The highest BCUT2D eigenvalue weighted by Gasteiger charge is 2.37. The number of benzene rings is 2. The van der Waals surface area contributed by atoms with E-state index in [2.05, 4.69) is 44.8 Å². The summed E-state index contributed by atoms with van der Waals surface area (Å²) >= 11 is 0. The highest BCUT2D eigenvalue weighted by atomic mass is 32.2. The lowest BCUT2D eigenvalue weighted by molar-refractivity contribution is -0.0479. The maximum atomic E-state index is 14.4. The number of nitriles is 1. The fraction of sp³-hybridized carbons (Fsp3) is 0.545. The molecule has 0 aliphatic carbocycles. The maximum Gasteiger partial charge on any atom is 0.251 e. The van der Waals surface area contributed by atoms with Crippen LogP contribution in [0.25, 0.3) is 11.0 Å². The summed E-state index contributed by atoms with van der Waals surface area (Å²) in [7, 11) is -3.16. The minimum atomic E-state index is -3.16. The van der Waals surface area contributed by atoms with Crippen molar-refractivity contribution in [3.63, 3.8) is 0 Å². The number of nitrogens with one attached hydrogen (secondary N) is 1. The van der Waals surface area contributed by atoms with Gasteiger partial charge in [0, 0.05) is 47.5 Å². The number of hydrogen-bond donors (Lipinski definition) is 1. The molecule has 4 aromatic rings. The average molecular weight is 801 g/mol. The van der Waals surface area contributed by atoms with E-state index in [1.54, 1.807) is 24.3 Å². The molecule has 2 aromatic heterocycles. The first-order valence-electron chi connectivity index (χ1n) is 20.5. The van der Waals surface area contributed by atoms with Crippen LogP contribution in [0, 0.1) is 17.1 Å². The molecule has 6 rings (SSSR count). The van der Waals surface area contributed by atoms with E-state index in [1.165, 1.54) is 6.07 Å². The lowest BCUT2D eigenvalue weighted by atomic mass is 9.93. The fourth-order valence-electron chi connectivity index (χ4n) is 7.81. The van der Waals surface area contributed by atoms with E-state index in [-0.39, 0.29) is 35.3 Å². The molecule has 1 amide bonds. The Bertz CT molecular complexity index is 2200. The Kier molecular flexibility index (Phi) is 13.4. The third kappa shape index (κ3) is 10.2. The van der Waals surface area contributed by atoms with Gasteiger partial charge in [-0.3, -0.25) is 9.69 Å². The topological polar surface area (TPSA) is 139 Å². The molecule has 0 bridgehead atoms. The summed E-state index contributed by atoms with van der Waals surface area (Å²) in [4.78, 5) is 25.9. The Labute approximate surface area is 336 Å². The molecule has 0 spiro atoms. The molecule has 2 saturated heterocycles. The SMILES string of the molecule is CCCC(C)(CC)OCCC(C)(CC)NC(=O)c1ccc2nc(CN3CCC(c4cccc(OCc5ccc(C#N)cc5F)n4)CC3)n(C[C@H]3CCS3(=O)=O)c2c1. The molecule has 0 radical (unpaired) electrons. The summed E-state index contributed by atoms with van der Waals surface area (Å²) in [6.07, 6.45) is 6.74. The second-order valence-electron chi connectivity index (χ2n) is 16.3. The number of hydrogen-bond acceptors (Lipinski definition) is 9. The van der Waals surface area contributed by atoms with Crippen LogP contribution in [0.3, 0.4) is 0 Å². The largest absolute Gasteiger partial charge is 0.473 e. The van der Waals surface area contributed by atoms with Crippen LogP contribution >= 0.6 is 0 Å². The summed E-state index contributed by atoms with van der Waals surface area (Å²) in [6, 6.07) is 17.4. The molecule has 2 aromatic carbocycles. The third-order valence-electron chi connectivity index (χ3n) is 12.2. The van der Waals surface area contributed by atoms with Gasteiger partial charge in [-0.05, 0) is 108 Å². The van der Waals surface area contributed by atoms with E-state index < -0.39 is 26.4 Å². The van der Waals surface area contributed by atoms with Crippen LogP contribution in [0.4, 0.5) is 4.39 Å². The van der Waals surface area contributed by atoms with Gasteiger partial charge in [-0.15, -0.1) is 0 Å². The molecule has 306 valence electrons. The maximum absolute atomic E-state index is 14.4. The molecule has 3 atom stereocenters. The molecule has 4 heterocycles. The van der Waals surface area contributed by atoms with E-state index in [0.717, 1.165) is 74.2 Å². The predicted octanol–water partition coefficient (Wildman–Crippen LogP) is 7.86. The zero-order valence-corrected chi connectivity index (χ0v) is 34.8. The Morgan fingerprint density at radius 1 is 1.02 bits per heavy atom. The van der Waals surface area contributed by atoms with E-state index in [9.17, 15) is 17.6 Å². The number of piperidine rings is 1. The first-order valence-corrected chi connectivity index (χ1v) is 22.2. The molecular formula is C44H57FN6O5S. The van der Waals surface area contributed by atoms with Crippen molar-refractivity contribution in [1.29, 1.82) is 5.26 Å². The van der Waals surface area contributed by atoms with Crippen molar-refractivity contribution in [3.05, 3.63) is 88.6 Å². The summed E-state index contributed by atoms with van der Waals surface area (Å²) in [5.41, 5.74) is 2.91. The first kappa shape index (κ1) is 42.2. The molecule has 0 saturated carbocycles. The van der Waals surface area contributed by atoms with Gasteiger partial charge in [-0.1, -0.05) is 39.3 Å². The number of pyridine rings is 1. The highest BCUT2D eigenvalue weighted by Crippen LogP contribution is 2.31. The van der Waals surface area contributed by atoms with Crippen LogP contribution in [0.15, 0.2) is 54.6 Å². The van der Waals surface area contributed by atoms with Gasteiger partial charge in [-0.2, -0.15) is 5.26 Å². The second kappa shape index (κ2) is 18.0. The molecule has 11 nitrogen and oxygen atoms in total. The minimum absolute atomic E-state index is 0.00714. The van der Waals surface area contributed by atoms with Crippen LogP contribution in [-0.4, -0.2) is 75.6 Å². The molecule has 2 aliphatic heterocycles. The van der Waals surface area contributed by atoms with Gasteiger partial charge in [-0.25, -0.2) is 22.8 Å². The number of rotatable bonds is 18. The predicted molar refractivity (Wildman–Crippen MR) is 219 cm³/mol. The average Bonchev–Trinajstić information content (AvgIpc) is 3.55.